The summed E-state index contributed by atoms with van der Waals surface area (Å²) in [6.45, 7) is 7.99. The first kappa shape index (κ1) is 113. The molecule has 0 radical (unpaired) electrons. The second kappa shape index (κ2) is 73.3. The number of esters is 4. The van der Waals surface area contributed by atoms with Crippen LogP contribution in [0.5, 0.6) is 0 Å². The van der Waals surface area contributed by atoms with E-state index in [0.717, 1.165) is 128 Å². The van der Waals surface area contributed by atoms with Gasteiger partial charge in [0.1, 0.15) is 92.6 Å². The third-order valence-corrected chi connectivity index (χ3v) is 25.7. The van der Waals surface area contributed by atoms with Crippen molar-refractivity contribution in [3.05, 3.63) is 0 Å². The number of hydrogen-bond donors (Lipinski definition) is 10. The van der Waals surface area contributed by atoms with E-state index in [9.17, 15) is 74.6 Å². The molecule has 3 aliphatic rings. The summed E-state index contributed by atoms with van der Waals surface area (Å²) in [6.07, 6.45) is 30.7. The summed E-state index contributed by atoms with van der Waals surface area (Å²) >= 11 is 0. The van der Waals surface area contributed by atoms with Gasteiger partial charge in [0, 0.05) is 25.7 Å². The van der Waals surface area contributed by atoms with Crippen LogP contribution in [0, 0.1) is 5.92 Å². The van der Waals surface area contributed by atoms with Gasteiger partial charge < -0.3 is 88.7 Å². The Labute approximate surface area is 731 Å². The fourth-order valence-electron chi connectivity index (χ4n) is 16.8. The van der Waals surface area contributed by atoms with Gasteiger partial charge in [-0.2, -0.15) is 0 Å². The van der Waals surface area contributed by atoms with Gasteiger partial charge in [0.05, 0.1) is 13.2 Å². The molecule has 0 aromatic heterocycles. The van der Waals surface area contributed by atoms with Crippen LogP contribution < -0.4 is 0 Å². The Kier molecular flexibility index (Phi) is 68.2. The molecule has 1 aliphatic carbocycles. The summed E-state index contributed by atoms with van der Waals surface area (Å²) < 4.78 is 73.7. The fraction of sp³-hybridized carbons (Fsp3) is 0.958. The van der Waals surface area contributed by atoms with Gasteiger partial charge in [-0.15, -0.1) is 0 Å². The Balaban J connectivity index is 1.90. The van der Waals surface area contributed by atoms with E-state index in [2.05, 4.69) is 34.6 Å². The summed E-state index contributed by atoms with van der Waals surface area (Å²) in [5.41, 5.74) is 0. The molecule has 1 saturated carbocycles. The van der Waals surface area contributed by atoms with E-state index in [-0.39, 0.29) is 25.7 Å². The lowest BCUT2D eigenvalue weighted by atomic mass is 9.84. The maximum Gasteiger partial charge on any atom is 0.472 e. The van der Waals surface area contributed by atoms with Gasteiger partial charge >= 0.3 is 31.7 Å². The smallest absolute Gasteiger partial charge is 0.463 e. The maximum absolute atomic E-state index is 14.9. The molecule has 0 aromatic rings. The van der Waals surface area contributed by atoms with Gasteiger partial charge in [-0.1, -0.05) is 394 Å². The van der Waals surface area contributed by atoms with Gasteiger partial charge in [0.15, 0.2) is 24.8 Å². The summed E-state index contributed by atoms with van der Waals surface area (Å²) in [7, 11) is -5.81. The standard InChI is InChI=1S/C95H179O25P/c1-6-10-14-18-22-25-28-31-34-37-40-42-45-48-56-62-68-80(99)114-75(71-111-78(97)66-60-54-47-44-41-38-35-32-29-26-23-19-15-11-7-2)72-113-121(109,110)120-93-91(118-94-88(107)84(103)82(101)76(70-96)115-94)87(106)86(105)90(117-81(100)69-63-57-49-46-43-39-36-33-30-27-24-20-16-12-8-3)92(93)119-95-89(108)85(104)83(102)77(116-95)73-112-79(98)67-61-55-51-50-53-59-65-74(5)64-58-52-21-17-13-9-4/h74-77,82-96,101-108H,6-73H2,1-5H3,(H,109,110). The van der Waals surface area contributed by atoms with Gasteiger partial charge in [0.25, 0.3) is 0 Å². The number of ether oxygens (including phenoxy) is 8. The van der Waals surface area contributed by atoms with Crippen molar-refractivity contribution in [2.24, 2.45) is 5.92 Å². The van der Waals surface area contributed by atoms with Crippen LogP contribution in [0.3, 0.4) is 0 Å². The van der Waals surface area contributed by atoms with E-state index in [4.69, 9.17) is 46.9 Å². The van der Waals surface area contributed by atoms with Crippen molar-refractivity contribution in [2.45, 2.75) is 550 Å². The molecule has 19 atom stereocenters. The number of unbranched alkanes of at least 4 members (excludes halogenated alkanes) is 53. The summed E-state index contributed by atoms with van der Waals surface area (Å²) in [6, 6.07) is 0. The van der Waals surface area contributed by atoms with Crippen molar-refractivity contribution in [3.8, 4) is 0 Å². The molecule has 3 rings (SSSR count). The topological polar surface area (TPSA) is 380 Å². The highest BCUT2D eigenvalue weighted by Gasteiger charge is 2.60. The predicted octanol–water partition coefficient (Wildman–Crippen LogP) is 19.2. The van der Waals surface area contributed by atoms with Crippen LogP contribution in [0.25, 0.3) is 0 Å². The maximum atomic E-state index is 14.9. The zero-order valence-electron chi connectivity index (χ0n) is 76.5. The lowest BCUT2D eigenvalue weighted by Gasteiger charge is -2.50. The minimum absolute atomic E-state index is 0.0175. The van der Waals surface area contributed by atoms with Gasteiger partial charge in [-0.25, -0.2) is 4.57 Å². The zero-order chi connectivity index (χ0) is 88.4. The summed E-state index contributed by atoms with van der Waals surface area (Å²) in [5, 5.41) is 103. The molecule has 2 aliphatic heterocycles. The number of phosphoric ester groups is 1. The minimum Gasteiger partial charge on any atom is -0.463 e. The molecule has 121 heavy (non-hydrogen) atoms. The molecule has 0 spiro atoms. The van der Waals surface area contributed by atoms with E-state index >= 15 is 0 Å². The van der Waals surface area contributed by atoms with Gasteiger partial charge in [0.2, 0.25) is 0 Å². The average molecular weight is 1750 g/mol. The first-order chi connectivity index (χ1) is 58.6. The first-order valence-corrected chi connectivity index (χ1v) is 51.2. The number of rotatable bonds is 81. The third kappa shape index (κ3) is 53.3. The number of aliphatic hydroxyl groups is 9. The van der Waals surface area contributed by atoms with Crippen molar-refractivity contribution in [3.63, 3.8) is 0 Å². The Morgan fingerprint density at radius 1 is 0.322 bits per heavy atom. The van der Waals surface area contributed by atoms with Crippen LogP contribution in [0.2, 0.25) is 0 Å². The van der Waals surface area contributed by atoms with Crippen molar-refractivity contribution in [1.82, 2.24) is 0 Å². The van der Waals surface area contributed by atoms with Crippen LogP contribution in [-0.4, -0.2) is 205 Å². The quantitative estimate of drug-likeness (QED) is 0.0117. The molecule has 3 fully saturated rings. The Hall–Kier alpha value is -2.53. The third-order valence-electron chi connectivity index (χ3n) is 24.8. The summed E-state index contributed by atoms with van der Waals surface area (Å²) in [5.74, 6) is -2.25. The van der Waals surface area contributed by atoms with E-state index in [1.807, 2.05) is 0 Å². The van der Waals surface area contributed by atoms with Crippen molar-refractivity contribution in [2.75, 3.05) is 26.4 Å². The number of phosphoric acid groups is 1. The second-order valence-corrected chi connectivity index (χ2v) is 37.3. The molecule has 26 heteroatoms. The van der Waals surface area contributed by atoms with Crippen LogP contribution in [0.15, 0.2) is 0 Å². The molecular weight excluding hydrogens is 1570 g/mol. The second-order valence-electron chi connectivity index (χ2n) is 35.9. The van der Waals surface area contributed by atoms with E-state index in [1.54, 1.807) is 0 Å². The molecule has 0 amide bonds. The molecule has 0 bridgehead atoms. The molecule has 19 unspecified atom stereocenters. The van der Waals surface area contributed by atoms with E-state index in [0.29, 0.717) is 38.0 Å². The number of aliphatic hydroxyl groups excluding tert-OH is 9. The molecular formula is C95H179O25P. The molecule has 2 heterocycles. The number of hydrogen-bond acceptors (Lipinski definition) is 24. The Morgan fingerprint density at radius 2 is 0.620 bits per heavy atom. The lowest BCUT2D eigenvalue weighted by Crippen LogP contribution is -2.70. The monoisotopic (exact) mass is 1750 g/mol. The largest absolute Gasteiger partial charge is 0.472 e. The Morgan fingerprint density at radius 3 is 0.983 bits per heavy atom. The Bertz CT molecular complexity index is 2520. The van der Waals surface area contributed by atoms with Gasteiger partial charge in [-0.05, 0) is 31.6 Å². The van der Waals surface area contributed by atoms with Crippen LogP contribution in [0.4, 0.5) is 0 Å². The normalized spacial score (nSPS) is 24.8. The highest BCUT2D eigenvalue weighted by Crippen LogP contribution is 2.49. The molecule has 714 valence electrons. The lowest BCUT2D eigenvalue weighted by molar-refractivity contribution is -0.360. The van der Waals surface area contributed by atoms with Crippen LogP contribution in [-0.2, 0) is 70.7 Å². The highest BCUT2D eigenvalue weighted by molar-refractivity contribution is 7.47. The molecule has 2 saturated heterocycles. The average Bonchev–Trinajstić information content (AvgIpc) is 0.754. The number of carbonyl (C=O) groups is 4. The SMILES string of the molecule is CCCCCCCCCCCCCCCCCCC(=O)OC(COC(=O)CCCCCCCCCCCCCCCCC)COP(=O)(O)OC1C(OC2OC(CO)C(O)C(O)C2O)C(O)C(O)C(OC(=O)CCCCCCCCCCCCCCCCC)C1OC1OC(COC(=O)CCCCCCCCC(C)CCCCCCCC)C(O)C(O)C1O. The van der Waals surface area contributed by atoms with E-state index < -0.39 is 162 Å². The number of carbonyl (C=O) groups excluding carboxylic acids is 4. The highest BCUT2D eigenvalue weighted by atomic mass is 31.2. The predicted molar refractivity (Wildman–Crippen MR) is 472 cm³/mol. The summed E-state index contributed by atoms with van der Waals surface area (Å²) in [4.78, 5) is 66.7. The zero-order valence-corrected chi connectivity index (χ0v) is 77.4. The molecule has 25 nitrogen and oxygen atoms in total. The van der Waals surface area contributed by atoms with Crippen molar-refractivity contribution >= 4 is 31.7 Å². The van der Waals surface area contributed by atoms with Crippen LogP contribution in [0.1, 0.15) is 446 Å². The van der Waals surface area contributed by atoms with Crippen LogP contribution >= 0.6 is 7.82 Å². The minimum atomic E-state index is -5.81. The van der Waals surface area contributed by atoms with Gasteiger partial charge in [-0.3, -0.25) is 28.2 Å². The van der Waals surface area contributed by atoms with E-state index in [1.165, 1.54) is 225 Å². The molecule has 0 aromatic carbocycles. The van der Waals surface area contributed by atoms with Crippen molar-refractivity contribution in [1.29, 1.82) is 0 Å². The van der Waals surface area contributed by atoms with Crippen molar-refractivity contribution < 1.29 is 122 Å². The first-order valence-electron chi connectivity index (χ1n) is 49.7. The molecule has 10 N–H and O–H groups in total. The fourth-order valence-corrected chi connectivity index (χ4v) is 17.8.